The van der Waals surface area contributed by atoms with Crippen molar-refractivity contribution in [3.8, 4) is 0 Å². The minimum absolute atomic E-state index is 0.0307. The fraction of sp³-hybridized carbons (Fsp3) is 0.667. The second-order valence-electron chi connectivity index (χ2n) is 7.75. The Hall–Kier alpha value is -1.63. The number of benzene rings is 1. The van der Waals surface area contributed by atoms with E-state index in [1.54, 1.807) is 4.90 Å². The molecule has 1 amide bonds. The van der Waals surface area contributed by atoms with Crippen LogP contribution in [0, 0.1) is 0 Å². The van der Waals surface area contributed by atoms with E-state index in [9.17, 15) is 4.79 Å². The van der Waals surface area contributed by atoms with Crippen molar-refractivity contribution in [1.82, 2.24) is 4.90 Å². The van der Waals surface area contributed by atoms with E-state index in [1.165, 1.54) is 0 Å². The lowest BCUT2D eigenvalue weighted by molar-refractivity contribution is -0.0947. The Morgan fingerprint density at radius 3 is 2.67 bits per heavy atom. The number of carbonyl (C=O) groups excluding carboxylic acids is 1. The number of nitrogens with zero attached hydrogens (tertiary/aromatic N) is 1. The summed E-state index contributed by atoms with van der Waals surface area (Å²) in [4.78, 5) is 14.3. The van der Waals surface area contributed by atoms with E-state index in [2.05, 4.69) is 0 Å². The van der Waals surface area contributed by atoms with E-state index < -0.39 is 5.60 Å². The van der Waals surface area contributed by atoms with Gasteiger partial charge in [0.15, 0.2) is 0 Å². The summed E-state index contributed by atoms with van der Waals surface area (Å²) in [5.74, 6) is 0. The highest BCUT2D eigenvalue weighted by Gasteiger charge is 2.28. The Labute approximate surface area is 162 Å². The van der Waals surface area contributed by atoms with E-state index in [-0.39, 0.29) is 18.3 Å². The number of ether oxygens (including phenoxy) is 4. The largest absolute Gasteiger partial charge is 0.444 e. The van der Waals surface area contributed by atoms with E-state index in [4.69, 9.17) is 18.9 Å². The molecule has 0 spiro atoms. The van der Waals surface area contributed by atoms with Crippen LogP contribution in [0.15, 0.2) is 30.3 Å². The highest BCUT2D eigenvalue weighted by Crippen LogP contribution is 2.15. The van der Waals surface area contributed by atoms with Gasteiger partial charge in [-0.25, -0.2) is 4.79 Å². The average Bonchev–Trinajstić information content (AvgIpc) is 2.59. The molecule has 0 radical (unpaired) electrons. The zero-order valence-electron chi connectivity index (χ0n) is 17.0. The minimum atomic E-state index is -0.529. The molecule has 1 saturated heterocycles. The minimum Gasteiger partial charge on any atom is -0.444 e. The topological polar surface area (TPSA) is 57.2 Å². The van der Waals surface area contributed by atoms with Gasteiger partial charge in [-0.1, -0.05) is 30.3 Å². The Morgan fingerprint density at radius 1 is 1.26 bits per heavy atom. The van der Waals surface area contributed by atoms with Crippen molar-refractivity contribution in [2.45, 2.75) is 58.5 Å². The molecule has 2 atom stereocenters. The lowest BCUT2D eigenvalue weighted by Gasteiger charge is -2.34. The predicted molar refractivity (Wildman–Crippen MR) is 104 cm³/mol. The van der Waals surface area contributed by atoms with Crippen molar-refractivity contribution in [2.75, 3.05) is 32.9 Å². The molecule has 0 unspecified atom stereocenters. The number of amides is 1. The summed E-state index contributed by atoms with van der Waals surface area (Å²) < 4.78 is 23.1. The predicted octanol–water partition coefficient (Wildman–Crippen LogP) is 3.63. The Morgan fingerprint density at radius 2 is 2.00 bits per heavy atom. The van der Waals surface area contributed by atoms with Crippen molar-refractivity contribution in [2.24, 2.45) is 0 Å². The molecule has 1 aliphatic heterocycles. The van der Waals surface area contributed by atoms with Crippen LogP contribution in [0.4, 0.5) is 4.79 Å². The SMILES string of the molecule is CCO[C@@H]1CCN(C(=O)OC(C)(C)C)C[C@@H](COCc2ccccc2)OC1. The fourth-order valence-corrected chi connectivity index (χ4v) is 2.86. The third-order valence-corrected chi connectivity index (χ3v) is 4.13. The van der Waals surface area contributed by atoms with Crippen molar-refractivity contribution >= 4 is 6.09 Å². The summed E-state index contributed by atoms with van der Waals surface area (Å²) in [7, 11) is 0. The Balaban J connectivity index is 1.94. The van der Waals surface area contributed by atoms with Crippen LogP contribution in [0.1, 0.15) is 39.7 Å². The third kappa shape index (κ3) is 8.28. The highest BCUT2D eigenvalue weighted by molar-refractivity contribution is 5.68. The molecule has 1 aromatic rings. The van der Waals surface area contributed by atoms with E-state index in [0.717, 1.165) is 12.0 Å². The molecule has 6 nitrogen and oxygen atoms in total. The molecule has 27 heavy (non-hydrogen) atoms. The summed E-state index contributed by atoms with van der Waals surface area (Å²) in [6.07, 6.45) is 0.155. The van der Waals surface area contributed by atoms with E-state index in [0.29, 0.717) is 39.5 Å². The first-order valence-electron chi connectivity index (χ1n) is 9.70. The lowest BCUT2D eigenvalue weighted by atomic mass is 10.2. The standard InChI is InChI=1S/C21H33NO5/c1-5-25-18-11-12-22(20(23)27-21(2,3)4)13-19(26-16-18)15-24-14-17-9-7-6-8-10-17/h6-10,18-19H,5,11-16H2,1-4H3/t18-,19+/m1/s1. The normalized spacial score (nSPS) is 21.4. The van der Waals surface area contributed by atoms with Gasteiger partial charge in [-0.3, -0.25) is 0 Å². The van der Waals surface area contributed by atoms with Crippen LogP contribution in [0.5, 0.6) is 0 Å². The van der Waals surface area contributed by atoms with Crippen LogP contribution in [0.25, 0.3) is 0 Å². The van der Waals surface area contributed by atoms with Gasteiger partial charge in [-0.15, -0.1) is 0 Å². The van der Waals surface area contributed by atoms with Gasteiger partial charge in [0.05, 0.1) is 38.6 Å². The molecule has 1 fully saturated rings. The summed E-state index contributed by atoms with van der Waals surface area (Å²) in [5, 5.41) is 0. The maximum Gasteiger partial charge on any atom is 0.410 e. The van der Waals surface area contributed by atoms with Crippen molar-refractivity contribution in [3.63, 3.8) is 0 Å². The lowest BCUT2D eigenvalue weighted by Crippen LogP contribution is -2.47. The molecule has 0 saturated carbocycles. The first-order chi connectivity index (χ1) is 12.9. The first-order valence-corrected chi connectivity index (χ1v) is 9.70. The highest BCUT2D eigenvalue weighted by atomic mass is 16.6. The van der Waals surface area contributed by atoms with Crippen LogP contribution in [0.3, 0.4) is 0 Å². The third-order valence-electron chi connectivity index (χ3n) is 4.13. The van der Waals surface area contributed by atoms with Gasteiger partial charge in [0.1, 0.15) is 5.60 Å². The van der Waals surface area contributed by atoms with Gasteiger partial charge in [-0.05, 0) is 39.7 Å². The molecule has 1 heterocycles. The second kappa shape index (κ2) is 10.6. The van der Waals surface area contributed by atoms with Crippen LogP contribution in [0.2, 0.25) is 0 Å². The number of hydrogen-bond acceptors (Lipinski definition) is 5. The molecule has 2 rings (SSSR count). The summed E-state index contributed by atoms with van der Waals surface area (Å²) in [6.45, 7) is 10.7. The summed E-state index contributed by atoms with van der Waals surface area (Å²) >= 11 is 0. The molecule has 1 aromatic carbocycles. The number of rotatable bonds is 6. The van der Waals surface area contributed by atoms with Crippen LogP contribution in [-0.4, -0.2) is 61.7 Å². The quantitative estimate of drug-likeness (QED) is 0.755. The van der Waals surface area contributed by atoms with Crippen LogP contribution < -0.4 is 0 Å². The summed E-state index contributed by atoms with van der Waals surface area (Å²) in [5.41, 5.74) is 0.582. The smallest absolute Gasteiger partial charge is 0.410 e. The van der Waals surface area contributed by atoms with Gasteiger partial charge >= 0.3 is 6.09 Å². The van der Waals surface area contributed by atoms with Crippen molar-refractivity contribution in [3.05, 3.63) is 35.9 Å². The molecule has 152 valence electrons. The molecule has 1 aliphatic rings. The van der Waals surface area contributed by atoms with Gasteiger partial charge in [0.2, 0.25) is 0 Å². The molecule has 0 N–H and O–H groups in total. The molecular weight excluding hydrogens is 346 g/mol. The Kier molecular flexibility index (Phi) is 8.54. The fourth-order valence-electron chi connectivity index (χ4n) is 2.86. The van der Waals surface area contributed by atoms with Gasteiger partial charge < -0.3 is 23.8 Å². The maximum atomic E-state index is 12.6. The van der Waals surface area contributed by atoms with E-state index in [1.807, 2.05) is 58.0 Å². The monoisotopic (exact) mass is 379 g/mol. The number of hydrogen-bond donors (Lipinski definition) is 0. The van der Waals surface area contributed by atoms with Crippen LogP contribution >= 0.6 is 0 Å². The summed E-state index contributed by atoms with van der Waals surface area (Å²) in [6, 6.07) is 10.0. The van der Waals surface area contributed by atoms with Gasteiger partial charge in [0, 0.05) is 13.2 Å². The molecule has 6 heteroatoms. The number of carbonyl (C=O) groups is 1. The molecule has 0 bridgehead atoms. The van der Waals surface area contributed by atoms with Crippen LogP contribution in [-0.2, 0) is 25.6 Å². The van der Waals surface area contributed by atoms with Crippen molar-refractivity contribution < 1.29 is 23.7 Å². The van der Waals surface area contributed by atoms with Gasteiger partial charge in [0.25, 0.3) is 0 Å². The second-order valence-corrected chi connectivity index (χ2v) is 7.75. The Bertz CT molecular complexity index is 557. The zero-order chi connectivity index (χ0) is 19.7. The molecular formula is C21H33NO5. The average molecular weight is 379 g/mol. The molecule has 0 aliphatic carbocycles. The van der Waals surface area contributed by atoms with Gasteiger partial charge in [-0.2, -0.15) is 0 Å². The maximum absolute atomic E-state index is 12.6. The van der Waals surface area contributed by atoms with Crippen molar-refractivity contribution in [1.29, 1.82) is 0 Å². The van der Waals surface area contributed by atoms with E-state index >= 15 is 0 Å². The zero-order valence-corrected chi connectivity index (χ0v) is 17.0. The first kappa shape index (κ1) is 21.7. The molecule has 0 aromatic heterocycles.